The van der Waals surface area contributed by atoms with Crippen LogP contribution in [0.2, 0.25) is 0 Å². The van der Waals surface area contributed by atoms with Crippen LogP contribution in [0.25, 0.3) is 0 Å². The average molecular weight is 184 g/mol. The molecule has 0 aromatic carbocycles. The van der Waals surface area contributed by atoms with Gasteiger partial charge in [-0.05, 0) is 51.2 Å². The lowest BCUT2D eigenvalue weighted by atomic mass is 10.2. The van der Waals surface area contributed by atoms with Gasteiger partial charge >= 0.3 is 0 Å². The molecule has 78 valence electrons. The second kappa shape index (κ2) is 6.39. The van der Waals surface area contributed by atoms with E-state index < -0.39 is 0 Å². The van der Waals surface area contributed by atoms with Crippen molar-refractivity contribution in [3.63, 3.8) is 0 Å². The highest BCUT2D eigenvalue weighted by atomic mass is 14.9. The van der Waals surface area contributed by atoms with Crippen LogP contribution < -0.4 is 10.6 Å². The van der Waals surface area contributed by atoms with E-state index >= 15 is 0 Å². The Labute approximate surface area is 82.5 Å². The van der Waals surface area contributed by atoms with Gasteiger partial charge in [0.25, 0.3) is 0 Å². The third-order valence-corrected chi connectivity index (χ3v) is 2.34. The highest BCUT2D eigenvalue weighted by Gasteiger charge is 2.19. The van der Waals surface area contributed by atoms with E-state index in [2.05, 4.69) is 24.5 Å². The summed E-state index contributed by atoms with van der Waals surface area (Å²) in [5, 5.41) is 6.99. The number of rotatable bonds is 8. The van der Waals surface area contributed by atoms with E-state index in [-0.39, 0.29) is 0 Å². The van der Waals surface area contributed by atoms with Crippen molar-refractivity contribution in [1.82, 2.24) is 10.6 Å². The zero-order valence-corrected chi connectivity index (χ0v) is 9.10. The average Bonchev–Trinajstić information content (AvgIpc) is 2.86. The van der Waals surface area contributed by atoms with Crippen molar-refractivity contribution in [3.05, 3.63) is 0 Å². The second-order valence-electron chi connectivity index (χ2n) is 4.53. The van der Waals surface area contributed by atoms with E-state index in [1.807, 2.05) is 0 Å². The molecule has 13 heavy (non-hydrogen) atoms. The number of hydrogen-bond acceptors (Lipinski definition) is 2. The van der Waals surface area contributed by atoms with Gasteiger partial charge in [-0.1, -0.05) is 13.8 Å². The minimum Gasteiger partial charge on any atom is -0.316 e. The molecule has 0 aliphatic heterocycles. The Morgan fingerprint density at radius 2 is 1.85 bits per heavy atom. The molecular weight excluding hydrogens is 160 g/mol. The molecule has 0 heterocycles. The van der Waals surface area contributed by atoms with Crippen molar-refractivity contribution in [1.29, 1.82) is 0 Å². The van der Waals surface area contributed by atoms with E-state index in [4.69, 9.17) is 0 Å². The smallest absolute Gasteiger partial charge is 0.00682 e. The van der Waals surface area contributed by atoms with Gasteiger partial charge in [0.05, 0.1) is 0 Å². The predicted molar refractivity (Wildman–Crippen MR) is 58.0 cm³/mol. The minimum atomic E-state index is 0.782. The molecule has 0 spiro atoms. The molecular formula is C11H24N2. The van der Waals surface area contributed by atoms with Crippen molar-refractivity contribution in [2.24, 2.45) is 5.92 Å². The van der Waals surface area contributed by atoms with Crippen LogP contribution in [0, 0.1) is 5.92 Å². The summed E-state index contributed by atoms with van der Waals surface area (Å²) in [6, 6.07) is 0.878. The van der Waals surface area contributed by atoms with Crippen LogP contribution in [0.5, 0.6) is 0 Å². The fourth-order valence-corrected chi connectivity index (χ4v) is 1.36. The maximum atomic E-state index is 3.53. The third kappa shape index (κ3) is 7.03. The van der Waals surface area contributed by atoms with Gasteiger partial charge in [-0.3, -0.25) is 0 Å². The number of unbranched alkanes of at least 4 members (excludes halogenated alkanes) is 1. The minimum absolute atomic E-state index is 0.782. The largest absolute Gasteiger partial charge is 0.316 e. The highest BCUT2D eigenvalue weighted by Crippen LogP contribution is 2.18. The molecule has 2 N–H and O–H groups in total. The van der Waals surface area contributed by atoms with Gasteiger partial charge in [-0.15, -0.1) is 0 Å². The molecule has 0 amide bonds. The van der Waals surface area contributed by atoms with E-state index in [9.17, 15) is 0 Å². The van der Waals surface area contributed by atoms with Gasteiger partial charge in [-0.25, -0.2) is 0 Å². The van der Waals surface area contributed by atoms with Crippen LogP contribution in [0.15, 0.2) is 0 Å². The first-order chi connectivity index (χ1) is 6.29. The molecule has 1 fully saturated rings. The summed E-state index contributed by atoms with van der Waals surface area (Å²) in [6.07, 6.45) is 5.45. The van der Waals surface area contributed by atoms with Gasteiger partial charge in [-0.2, -0.15) is 0 Å². The molecule has 2 nitrogen and oxygen atoms in total. The fraction of sp³-hybridized carbons (Fsp3) is 1.00. The molecule has 0 radical (unpaired) electrons. The predicted octanol–water partition coefficient (Wildman–Crippen LogP) is 1.76. The summed E-state index contributed by atoms with van der Waals surface area (Å²) in [4.78, 5) is 0. The van der Waals surface area contributed by atoms with Crippen molar-refractivity contribution in [2.45, 2.75) is 45.6 Å². The van der Waals surface area contributed by atoms with Crippen molar-refractivity contribution in [3.8, 4) is 0 Å². The lowest BCUT2D eigenvalue weighted by Gasteiger charge is -2.07. The van der Waals surface area contributed by atoms with Crippen molar-refractivity contribution < 1.29 is 0 Å². The SMILES string of the molecule is CC(C)CNCCCCNC1CC1. The lowest BCUT2D eigenvalue weighted by Crippen LogP contribution is -2.22. The zero-order chi connectivity index (χ0) is 9.52. The Hall–Kier alpha value is -0.0800. The standard InChI is InChI=1S/C11H24N2/c1-10(2)9-12-7-3-4-8-13-11-5-6-11/h10-13H,3-9H2,1-2H3. The monoisotopic (exact) mass is 184 g/mol. The third-order valence-electron chi connectivity index (χ3n) is 2.34. The highest BCUT2D eigenvalue weighted by molar-refractivity contribution is 4.80. The van der Waals surface area contributed by atoms with Gasteiger partial charge in [0, 0.05) is 6.04 Å². The summed E-state index contributed by atoms with van der Waals surface area (Å²) in [6.45, 7) is 8.07. The van der Waals surface area contributed by atoms with E-state index in [0.29, 0.717) is 0 Å². The first-order valence-corrected chi connectivity index (χ1v) is 5.73. The molecule has 1 aliphatic carbocycles. The molecule has 0 unspecified atom stereocenters. The quantitative estimate of drug-likeness (QED) is 0.562. The molecule has 0 bridgehead atoms. The molecule has 1 aliphatic rings. The maximum Gasteiger partial charge on any atom is 0.00682 e. The maximum absolute atomic E-state index is 3.53. The Balaban J connectivity index is 1.68. The van der Waals surface area contributed by atoms with Gasteiger partial charge in [0.15, 0.2) is 0 Å². The van der Waals surface area contributed by atoms with Crippen LogP contribution in [0.1, 0.15) is 39.5 Å². The summed E-state index contributed by atoms with van der Waals surface area (Å²) in [5.41, 5.74) is 0. The molecule has 0 aromatic heterocycles. The summed E-state index contributed by atoms with van der Waals surface area (Å²) in [5.74, 6) is 0.782. The first-order valence-electron chi connectivity index (χ1n) is 5.73. The van der Waals surface area contributed by atoms with Crippen LogP contribution in [0.3, 0.4) is 0 Å². The zero-order valence-electron chi connectivity index (χ0n) is 9.10. The molecule has 0 atom stereocenters. The molecule has 0 saturated heterocycles. The number of hydrogen-bond donors (Lipinski definition) is 2. The van der Waals surface area contributed by atoms with Crippen LogP contribution in [-0.2, 0) is 0 Å². The normalized spacial score (nSPS) is 16.8. The Kier molecular flexibility index (Phi) is 5.40. The summed E-state index contributed by atoms with van der Waals surface area (Å²) < 4.78 is 0. The fourth-order valence-electron chi connectivity index (χ4n) is 1.36. The summed E-state index contributed by atoms with van der Waals surface area (Å²) in [7, 11) is 0. The van der Waals surface area contributed by atoms with Crippen LogP contribution >= 0.6 is 0 Å². The first kappa shape index (κ1) is 11.0. The Bertz CT molecular complexity index is 113. The molecule has 1 rings (SSSR count). The van der Waals surface area contributed by atoms with E-state index in [0.717, 1.165) is 18.5 Å². The van der Waals surface area contributed by atoms with Crippen molar-refractivity contribution >= 4 is 0 Å². The van der Waals surface area contributed by atoms with Crippen LogP contribution in [-0.4, -0.2) is 25.7 Å². The van der Waals surface area contributed by atoms with E-state index in [1.165, 1.54) is 38.8 Å². The Morgan fingerprint density at radius 1 is 1.15 bits per heavy atom. The van der Waals surface area contributed by atoms with Gasteiger partial charge in [0.1, 0.15) is 0 Å². The second-order valence-corrected chi connectivity index (χ2v) is 4.53. The lowest BCUT2D eigenvalue weighted by molar-refractivity contribution is 0.526. The molecule has 0 aromatic rings. The molecule has 1 saturated carbocycles. The van der Waals surface area contributed by atoms with Gasteiger partial charge < -0.3 is 10.6 Å². The van der Waals surface area contributed by atoms with Crippen LogP contribution in [0.4, 0.5) is 0 Å². The molecule has 2 heteroatoms. The number of nitrogens with one attached hydrogen (secondary N) is 2. The van der Waals surface area contributed by atoms with Crippen molar-refractivity contribution in [2.75, 3.05) is 19.6 Å². The summed E-state index contributed by atoms with van der Waals surface area (Å²) >= 11 is 0. The topological polar surface area (TPSA) is 24.1 Å². The van der Waals surface area contributed by atoms with E-state index in [1.54, 1.807) is 0 Å². The van der Waals surface area contributed by atoms with Gasteiger partial charge in [0.2, 0.25) is 0 Å². The Morgan fingerprint density at radius 3 is 2.46 bits per heavy atom.